The van der Waals surface area contributed by atoms with Gasteiger partial charge in [0.2, 0.25) is 5.95 Å². The van der Waals surface area contributed by atoms with Gasteiger partial charge in [-0.3, -0.25) is 4.79 Å². The minimum Gasteiger partial charge on any atom is -0.360 e. The number of carbonyl (C=O) groups is 1. The molecule has 128 valence electrons. The van der Waals surface area contributed by atoms with Crippen LogP contribution >= 0.6 is 0 Å². The highest BCUT2D eigenvalue weighted by Gasteiger charge is 2.11. The Hall–Kier alpha value is -3.22. The van der Waals surface area contributed by atoms with Gasteiger partial charge in [-0.2, -0.15) is 0 Å². The van der Waals surface area contributed by atoms with Gasteiger partial charge in [0, 0.05) is 18.3 Å². The predicted molar refractivity (Wildman–Crippen MR) is 93.6 cm³/mol. The Morgan fingerprint density at radius 2 is 1.84 bits per heavy atom. The van der Waals surface area contributed by atoms with E-state index in [2.05, 4.69) is 25.8 Å². The van der Waals surface area contributed by atoms with E-state index >= 15 is 0 Å². The summed E-state index contributed by atoms with van der Waals surface area (Å²) in [5.74, 6) is 1.21. The van der Waals surface area contributed by atoms with Crippen LogP contribution in [0.3, 0.4) is 0 Å². The summed E-state index contributed by atoms with van der Waals surface area (Å²) in [7, 11) is 0. The molecule has 3 rings (SSSR count). The van der Waals surface area contributed by atoms with Crippen LogP contribution in [0.5, 0.6) is 0 Å². The topological polar surface area (TPSA) is 92.9 Å². The van der Waals surface area contributed by atoms with Crippen LogP contribution in [0.25, 0.3) is 0 Å². The lowest BCUT2D eigenvalue weighted by molar-refractivity contribution is 0.0945. The van der Waals surface area contributed by atoms with E-state index in [9.17, 15) is 4.79 Å². The number of benzene rings is 1. The zero-order chi connectivity index (χ0) is 17.8. The molecule has 0 unspecified atom stereocenters. The molecule has 0 aliphatic carbocycles. The summed E-state index contributed by atoms with van der Waals surface area (Å²) in [4.78, 5) is 20.9. The van der Waals surface area contributed by atoms with Crippen molar-refractivity contribution < 1.29 is 9.32 Å². The zero-order valence-corrected chi connectivity index (χ0v) is 14.3. The second kappa shape index (κ2) is 7.12. The Labute approximate surface area is 145 Å². The van der Waals surface area contributed by atoms with Gasteiger partial charge in [-0.1, -0.05) is 35.0 Å². The highest BCUT2D eigenvalue weighted by molar-refractivity contribution is 5.92. The predicted octanol–water partition coefficient (Wildman–Crippen LogP) is 3.06. The quantitative estimate of drug-likeness (QED) is 0.743. The molecule has 7 nitrogen and oxygen atoms in total. The number of carbonyl (C=O) groups excluding carboxylic acids is 1. The van der Waals surface area contributed by atoms with Crippen molar-refractivity contribution in [3.05, 3.63) is 64.7 Å². The highest BCUT2D eigenvalue weighted by Crippen LogP contribution is 2.14. The van der Waals surface area contributed by atoms with Crippen molar-refractivity contribution in [1.29, 1.82) is 0 Å². The first-order chi connectivity index (χ1) is 12.0. The van der Waals surface area contributed by atoms with Gasteiger partial charge < -0.3 is 15.2 Å². The van der Waals surface area contributed by atoms with Crippen LogP contribution in [0.15, 0.2) is 40.9 Å². The average Bonchev–Trinajstić information content (AvgIpc) is 2.98. The molecule has 7 heteroatoms. The molecule has 0 spiro atoms. The van der Waals surface area contributed by atoms with E-state index in [4.69, 9.17) is 4.52 Å². The van der Waals surface area contributed by atoms with Crippen LogP contribution in [0, 0.1) is 20.8 Å². The van der Waals surface area contributed by atoms with Crippen LogP contribution < -0.4 is 10.6 Å². The lowest BCUT2D eigenvalue weighted by atomic mass is 10.1. The van der Waals surface area contributed by atoms with Crippen molar-refractivity contribution in [2.75, 3.05) is 5.32 Å². The molecule has 0 radical (unpaired) electrons. The van der Waals surface area contributed by atoms with Gasteiger partial charge in [-0.15, -0.1) is 0 Å². The molecule has 0 bridgehead atoms. The molecule has 0 atom stereocenters. The standard InChI is InChI=1S/C18H19N5O2/c1-11-4-6-14(7-5-11)10-19-17(24)15-8-12(2)20-18(21-15)22-16-9-13(3)25-23-16/h4-9H,10H2,1-3H3,(H,19,24)(H,20,21,22,23). The van der Waals surface area contributed by atoms with Crippen LogP contribution in [-0.2, 0) is 6.54 Å². The third-order valence-electron chi connectivity index (χ3n) is 3.53. The summed E-state index contributed by atoms with van der Waals surface area (Å²) in [6.07, 6.45) is 0. The average molecular weight is 337 g/mol. The van der Waals surface area contributed by atoms with E-state index in [1.54, 1.807) is 26.0 Å². The molecular formula is C18H19N5O2. The molecule has 0 aliphatic heterocycles. The summed E-state index contributed by atoms with van der Waals surface area (Å²) >= 11 is 0. The molecule has 0 fully saturated rings. The molecule has 1 amide bonds. The van der Waals surface area contributed by atoms with Gasteiger partial charge in [0.05, 0.1) is 0 Å². The number of aryl methyl sites for hydroxylation is 3. The van der Waals surface area contributed by atoms with Crippen LogP contribution in [0.1, 0.15) is 33.1 Å². The summed E-state index contributed by atoms with van der Waals surface area (Å²) in [5, 5.41) is 9.63. The van der Waals surface area contributed by atoms with Gasteiger partial charge in [-0.05, 0) is 32.4 Å². The first-order valence-electron chi connectivity index (χ1n) is 7.89. The van der Waals surface area contributed by atoms with Crippen LogP contribution in [0.2, 0.25) is 0 Å². The Bertz CT molecular complexity index is 887. The molecule has 0 saturated heterocycles. The molecular weight excluding hydrogens is 318 g/mol. The van der Waals surface area contributed by atoms with E-state index in [-0.39, 0.29) is 5.91 Å². The third kappa shape index (κ3) is 4.41. The number of amides is 1. The first kappa shape index (κ1) is 16.6. The van der Waals surface area contributed by atoms with Crippen molar-refractivity contribution in [3.8, 4) is 0 Å². The van der Waals surface area contributed by atoms with Crippen molar-refractivity contribution >= 4 is 17.7 Å². The molecule has 2 aromatic heterocycles. The van der Waals surface area contributed by atoms with E-state index < -0.39 is 0 Å². The molecule has 1 aromatic carbocycles. The SMILES string of the molecule is Cc1ccc(CNC(=O)c2cc(C)nc(Nc3cc(C)on3)n2)cc1. The van der Waals surface area contributed by atoms with Crippen molar-refractivity contribution in [2.24, 2.45) is 0 Å². The van der Waals surface area contributed by atoms with Gasteiger partial charge >= 0.3 is 0 Å². The Kier molecular flexibility index (Phi) is 4.74. The first-order valence-corrected chi connectivity index (χ1v) is 7.89. The molecule has 2 heterocycles. The van der Waals surface area contributed by atoms with Crippen molar-refractivity contribution in [2.45, 2.75) is 27.3 Å². The number of nitrogens with zero attached hydrogens (tertiary/aromatic N) is 3. The Morgan fingerprint density at radius 3 is 2.52 bits per heavy atom. The van der Waals surface area contributed by atoms with Gasteiger partial charge in [0.1, 0.15) is 11.5 Å². The van der Waals surface area contributed by atoms with Gasteiger partial charge in [0.15, 0.2) is 5.82 Å². The molecule has 3 aromatic rings. The smallest absolute Gasteiger partial charge is 0.270 e. The van der Waals surface area contributed by atoms with Gasteiger partial charge in [-0.25, -0.2) is 9.97 Å². The number of hydrogen-bond donors (Lipinski definition) is 2. The molecule has 25 heavy (non-hydrogen) atoms. The number of hydrogen-bond acceptors (Lipinski definition) is 6. The van der Waals surface area contributed by atoms with Crippen molar-refractivity contribution in [3.63, 3.8) is 0 Å². The number of aromatic nitrogens is 3. The minimum atomic E-state index is -0.259. The van der Waals surface area contributed by atoms with E-state index in [0.717, 1.165) is 5.56 Å². The lowest BCUT2D eigenvalue weighted by Gasteiger charge is -2.08. The summed E-state index contributed by atoms with van der Waals surface area (Å²) in [6, 6.07) is 11.4. The zero-order valence-electron chi connectivity index (χ0n) is 14.3. The number of anilines is 2. The normalized spacial score (nSPS) is 10.5. The highest BCUT2D eigenvalue weighted by atomic mass is 16.5. The fourth-order valence-electron chi connectivity index (χ4n) is 2.26. The fraction of sp³-hybridized carbons (Fsp3) is 0.222. The Balaban J connectivity index is 1.70. The summed E-state index contributed by atoms with van der Waals surface area (Å²) in [6.45, 7) is 6.06. The van der Waals surface area contributed by atoms with Crippen LogP contribution in [-0.4, -0.2) is 21.0 Å². The maximum absolute atomic E-state index is 12.4. The second-order valence-corrected chi connectivity index (χ2v) is 5.83. The van der Waals surface area contributed by atoms with Crippen molar-refractivity contribution in [1.82, 2.24) is 20.4 Å². The summed E-state index contributed by atoms with van der Waals surface area (Å²) < 4.78 is 4.99. The number of nitrogens with one attached hydrogen (secondary N) is 2. The van der Waals surface area contributed by atoms with E-state index in [1.807, 2.05) is 31.2 Å². The van der Waals surface area contributed by atoms with E-state index in [0.29, 0.717) is 35.5 Å². The fourth-order valence-corrected chi connectivity index (χ4v) is 2.26. The van der Waals surface area contributed by atoms with Crippen LogP contribution in [0.4, 0.5) is 11.8 Å². The Morgan fingerprint density at radius 1 is 1.08 bits per heavy atom. The monoisotopic (exact) mass is 337 g/mol. The number of rotatable bonds is 5. The minimum absolute atomic E-state index is 0.259. The third-order valence-corrected chi connectivity index (χ3v) is 3.53. The maximum atomic E-state index is 12.4. The lowest BCUT2D eigenvalue weighted by Crippen LogP contribution is -2.24. The largest absolute Gasteiger partial charge is 0.360 e. The molecule has 2 N–H and O–H groups in total. The van der Waals surface area contributed by atoms with E-state index in [1.165, 1.54) is 5.56 Å². The maximum Gasteiger partial charge on any atom is 0.270 e. The van der Waals surface area contributed by atoms with Gasteiger partial charge in [0.25, 0.3) is 5.91 Å². The molecule has 0 aliphatic rings. The summed E-state index contributed by atoms with van der Waals surface area (Å²) in [5.41, 5.74) is 3.18. The molecule has 0 saturated carbocycles. The second-order valence-electron chi connectivity index (χ2n) is 5.83.